The van der Waals surface area contributed by atoms with Crippen molar-refractivity contribution in [3.63, 3.8) is 0 Å². The summed E-state index contributed by atoms with van der Waals surface area (Å²) in [6.45, 7) is 0.379. The van der Waals surface area contributed by atoms with Crippen molar-refractivity contribution in [1.29, 1.82) is 0 Å². The van der Waals surface area contributed by atoms with Gasteiger partial charge < -0.3 is 5.32 Å². The fraction of sp³-hybridized carbons (Fsp3) is 0.333. The molecule has 2 aromatic rings. The predicted molar refractivity (Wildman–Crippen MR) is 77.0 cm³/mol. The van der Waals surface area contributed by atoms with Crippen LogP contribution < -0.4 is 10.6 Å². The Hall–Kier alpha value is -1.73. The summed E-state index contributed by atoms with van der Waals surface area (Å²) in [6, 6.07) is 3.34. The Balaban J connectivity index is 1.50. The number of thiazole rings is 1. The van der Waals surface area contributed by atoms with Crippen molar-refractivity contribution in [2.75, 3.05) is 5.32 Å². The lowest BCUT2D eigenvalue weighted by Gasteiger charge is -2.05. The lowest BCUT2D eigenvalue weighted by molar-refractivity contribution is 0.251. The Morgan fingerprint density at radius 2 is 2.25 bits per heavy atom. The van der Waals surface area contributed by atoms with Crippen LogP contribution in [0.1, 0.15) is 29.3 Å². The van der Waals surface area contributed by atoms with Crippen LogP contribution in [0.4, 0.5) is 10.6 Å². The molecule has 1 aliphatic carbocycles. The molecule has 1 fully saturated rings. The van der Waals surface area contributed by atoms with Gasteiger partial charge in [0.2, 0.25) is 0 Å². The molecule has 1 aliphatic rings. The van der Waals surface area contributed by atoms with E-state index in [-0.39, 0.29) is 6.03 Å². The summed E-state index contributed by atoms with van der Waals surface area (Å²) in [5, 5.41) is 13.4. The van der Waals surface area contributed by atoms with Crippen molar-refractivity contribution >= 4 is 34.8 Å². The number of halogens is 1. The molecular formula is C12H12ClN5OS. The summed E-state index contributed by atoms with van der Waals surface area (Å²) in [4.78, 5) is 16.5. The molecule has 0 aromatic carbocycles. The van der Waals surface area contributed by atoms with E-state index in [0.717, 1.165) is 10.6 Å². The van der Waals surface area contributed by atoms with Crippen LogP contribution in [0.3, 0.4) is 0 Å². The lowest BCUT2D eigenvalue weighted by atomic mass is 10.3. The molecule has 3 rings (SSSR count). The highest BCUT2D eigenvalue weighted by Crippen LogP contribution is 2.38. The number of urea groups is 1. The minimum atomic E-state index is -0.331. The van der Waals surface area contributed by atoms with Crippen LogP contribution >= 0.6 is 22.9 Å². The topological polar surface area (TPSA) is 79.8 Å². The Labute approximate surface area is 124 Å². The number of carbonyl (C=O) groups is 1. The molecule has 2 aromatic heterocycles. The first-order valence-electron chi connectivity index (χ1n) is 6.19. The van der Waals surface area contributed by atoms with Gasteiger partial charge in [-0.1, -0.05) is 11.6 Å². The fourth-order valence-corrected chi connectivity index (χ4v) is 2.62. The second-order valence-electron chi connectivity index (χ2n) is 4.50. The number of rotatable bonds is 4. The van der Waals surface area contributed by atoms with E-state index in [1.807, 2.05) is 6.07 Å². The molecule has 0 radical (unpaired) electrons. The molecule has 6 nitrogen and oxygen atoms in total. The van der Waals surface area contributed by atoms with Crippen LogP contribution in [0.5, 0.6) is 0 Å². The zero-order valence-electron chi connectivity index (χ0n) is 10.5. The molecule has 2 heterocycles. The highest BCUT2D eigenvalue weighted by Gasteiger charge is 2.25. The standard InChI is InChI=1S/C12H12ClN5OS/c13-11-14-5-8(20-11)6-15-12(19)16-10-4-3-9(17-18-10)7-1-2-7/h3-5,7H,1-2,6H2,(H2,15,16,18,19). The molecule has 0 bridgehead atoms. The second-order valence-corrected chi connectivity index (χ2v) is 6.20. The van der Waals surface area contributed by atoms with Crippen LogP contribution in [0.15, 0.2) is 18.3 Å². The summed E-state index contributed by atoms with van der Waals surface area (Å²) < 4.78 is 0.462. The van der Waals surface area contributed by atoms with Gasteiger partial charge in [-0.3, -0.25) is 5.32 Å². The maximum Gasteiger partial charge on any atom is 0.320 e. The largest absolute Gasteiger partial charge is 0.333 e. The highest BCUT2D eigenvalue weighted by molar-refractivity contribution is 7.15. The fourth-order valence-electron chi connectivity index (χ4n) is 1.70. The van der Waals surface area contributed by atoms with Crippen molar-refractivity contribution in [1.82, 2.24) is 20.5 Å². The SMILES string of the molecule is O=C(NCc1cnc(Cl)s1)Nc1ccc(C2CC2)nn1. The minimum absolute atomic E-state index is 0.331. The number of amides is 2. The first-order chi connectivity index (χ1) is 9.70. The first-order valence-corrected chi connectivity index (χ1v) is 7.39. The van der Waals surface area contributed by atoms with Crippen molar-refractivity contribution in [2.24, 2.45) is 0 Å². The summed E-state index contributed by atoms with van der Waals surface area (Å²) in [7, 11) is 0. The van der Waals surface area contributed by atoms with E-state index in [4.69, 9.17) is 11.6 Å². The molecule has 8 heteroatoms. The quantitative estimate of drug-likeness (QED) is 0.910. The molecule has 2 amide bonds. The van der Waals surface area contributed by atoms with Gasteiger partial charge in [0.15, 0.2) is 10.3 Å². The molecule has 0 unspecified atom stereocenters. The van der Waals surface area contributed by atoms with Gasteiger partial charge in [-0.15, -0.1) is 16.4 Å². The number of aromatic nitrogens is 3. The third kappa shape index (κ3) is 3.43. The third-order valence-corrected chi connectivity index (χ3v) is 3.99. The molecule has 0 spiro atoms. The molecular weight excluding hydrogens is 298 g/mol. The van der Waals surface area contributed by atoms with E-state index in [9.17, 15) is 4.79 Å². The van der Waals surface area contributed by atoms with Gasteiger partial charge in [0.05, 0.1) is 12.2 Å². The smallest absolute Gasteiger partial charge is 0.320 e. The number of anilines is 1. The highest BCUT2D eigenvalue weighted by atomic mass is 35.5. The van der Waals surface area contributed by atoms with Crippen molar-refractivity contribution in [2.45, 2.75) is 25.3 Å². The van der Waals surface area contributed by atoms with Crippen molar-refractivity contribution in [3.05, 3.63) is 33.4 Å². The van der Waals surface area contributed by atoms with Gasteiger partial charge >= 0.3 is 6.03 Å². The average molecular weight is 310 g/mol. The Morgan fingerprint density at radius 3 is 2.85 bits per heavy atom. The van der Waals surface area contributed by atoms with Gasteiger partial charge in [0, 0.05) is 17.0 Å². The molecule has 20 heavy (non-hydrogen) atoms. The summed E-state index contributed by atoms with van der Waals surface area (Å²) in [6.07, 6.45) is 4.00. The summed E-state index contributed by atoms with van der Waals surface area (Å²) in [5.74, 6) is 0.996. The number of nitrogens with one attached hydrogen (secondary N) is 2. The first kappa shape index (κ1) is 13.3. The maximum absolute atomic E-state index is 11.7. The Kier molecular flexibility index (Phi) is 3.79. The monoisotopic (exact) mass is 309 g/mol. The van der Waals surface area contributed by atoms with Crippen LogP contribution in [0, 0.1) is 0 Å². The summed E-state index contributed by atoms with van der Waals surface area (Å²) >= 11 is 7.04. The van der Waals surface area contributed by atoms with E-state index < -0.39 is 0 Å². The number of hydrogen-bond acceptors (Lipinski definition) is 5. The molecule has 0 saturated heterocycles. The van der Waals surface area contributed by atoms with Gasteiger partial charge in [-0.2, -0.15) is 5.10 Å². The average Bonchev–Trinajstić information content (AvgIpc) is 3.20. The molecule has 104 valence electrons. The van der Waals surface area contributed by atoms with E-state index in [0.29, 0.717) is 22.7 Å². The zero-order chi connectivity index (χ0) is 13.9. The van der Waals surface area contributed by atoms with Crippen LogP contribution in [0.25, 0.3) is 0 Å². The molecule has 1 saturated carbocycles. The van der Waals surface area contributed by atoms with Gasteiger partial charge in [-0.05, 0) is 25.0 Å². The van der Waals surface area contributed by atoms with E-state index in [1.165, 1.54) is 24.2 Å². The van der Waals surface area contributed by atoms with Crippen molar-refractivity contribution < 1.29 is 4.79 Å². The Morgan fingerprint density at radius 1 is 1.40 bits per heavy atom. The van der Waals surface area contributed by atoms with Gasteiger partial charge in [0.25, 0.3) is 0 Å². The van der Waals surface area contributed by atoms with Gasteiger partial charge in [-0.25, -0.2) is 9.78 Å². The summed E-state index contributed by atoms with van der Waals surface area (Å²) in [5.41, 5.74) is 0.996. The lowest BCUT2D eigenvalue weighted by Crippen LogP contribution is -2.28. The van der Waals surface area contributed by atoms with E-state index in [1.54, 1.807) is 12.3 Å². The van der Waals surface area contributed by atoms with Crippen LogP contribution in [0.2, 0.25) is 4.47 Å². The minimum Gasteiger partial charge on any atom is -0.333 e. The third-order valence-electron chi connectivity index (χ3n) is 2.87. The van der Waals surface area contributed by atoms with Crippen LogP contribution in [-0.4, -0.2) is 21.2 Å². The molecule has 2 N–H and O–H groups in total. The predicted octanol–water partition coefficient (Wildman–Crippen LogP) is 2.79. The number of nitrogens with zero attached hydrogens (tertiary/aromatic N) is 3. The number of carbonyl (C=O) groups excluding carboxylic acids is 1. The second kappa shape index (κ2) is 5.72. The van der Waals surface area contributed by atoms with Crippen molar-refractivity contribution in [3.8, 4) is 0 Å². The van der Waals surface area contributed by atoms with Crippen LogP contribution in [-0.2, 0) is 6.54 Å². The normalized spacial score (nSPS) is 14.1. The molecule has 0 atom stereocenters. The number of hydrogen-bond donors (Lipinski definition) is 2. The van der Waals surface area contributed by atoms with E-state index in [2.05, 4.69) is 25.8 Å². The van der Waals surface area contributed by atoms with Gasteiger partial charge in [0.1, 0.15) is 0 Å². The Bertz CT molecular complexity index is 611. The van der Waals surface area contributed by atoms with E-state index >= 15 is 0 Å². The molecule has 0 aliphatic heterocycles. The zero-order valence-corrected chi connectivity index (χ0v) is 12.0. The maximum atomic E-state index is 11.7.